The van der Waals surface area contributed by atoms with Crippen LogP contribution in [-0.4, -0.2) is 21.8 Å². The monoisotopic (exact) mass is 361 g/mol. The van der Waals surface area contributed by atoms with Crippen LogP contribution in [0.5, 0.6) is 5.75 Å². The Balaban J connectivity index is 1.87. The normalized spacial score (nSPS) is 11.0. The van der Waals surface area contributed by atoms with Gasteiger partial charge < -0.3 is 13.8 Å². The van der Waals surface area contributed by atoms with Gasteiger partial charge in [-0.3, -0.25) is 4.79 Å². The fourth-order valence-corrected chi connectivity index (χ4v) is 3.20. The van der Waals surface area contributed by atoms with Gasteiger partial charge in [-0.1, -0.05) is 36.3 Å². The SMILES string of the molecule is CCCn1cc(-c2nc(-c3ccccc3OC)no2)c(=O)c2ccccc21. The lowest BCUT2D eigenvalue weighted by Crippen LogP contribution is -2.12. The van der Waals surface area contributed by atoms with E-state index in [-0.39, 0.29) is 11.3 Å². The number of ether oxygens (including phenoxy) is 1. The first-order valence-corrected chi connectivity index (χ1v) is 8.82. The van der Waals surface area contributed by atoms with Crippen molar-refractivity contribution in [1.29, 1.82) is 0 Å². The van der Waals surface area contributed by atoms with Crippen LogP contribution < -0.4 is 10.2 Å². The molecular formula is C21H19N3O3. The van der Waals surface area contributed by atoms with E-state index in [1.54, 1.807) is 13.3 Å². The predicted octanol–water partition coefficient (Wildman–Crippen LogP) is 4.14. The molecule has 27 heavy (non-hydrogen) atoms. The van der Waals surface area contributed by atoms with Crippen LogP contribution in [0.4, 0.5) is 0 Å². The Morgan fingerprint density at radius 1 is 1.07 bits per heavy atom. The maximum Gasteiger partial charge on any atom is 0.263 e. The first kappa shape index (κ1) is 17.0. The van der Waals surface area contributed by atoms with Crippen molar-refractivity contribution in [3.63, 3.8) is 0 Å². The van der Waals surface area contributed by atoms with Crippen LogP contribution in [0.2, 0.25) is 0 Å². The third kappa shape index (κ3) is 2.99. The fourth-order valence-electron chi connectivity index (χ4n) is 3.20. The van der Waals surface area contributed by atoms with Crippen LogP contribution in [0.1, 0.15) is 13.3 Å². The summed E-state index contributed by atoms with van der Waals surface area (Å²) >= 11 is 0. The molecule has 0 radical (unpaired) electrons. The van der Waals surface area contributed by atoms with Crippen LogP contribution in [0.15, 0.2) is 64.0 Å². The van der Waals surface area contributed by atoms with Crippen molar-refractivity contribution in [2.24, 2.45) is 0 Å². The lowest BCUT2D eigenvalue weighted by atomic mass is 10.1. The second-order valence-corrected chi connectivity index (χ2v) is 6.21. The van der Waals surface area contributed by atoms with Gasteiger partial charge in [-0.25, -0.2) is 0 Å². The van der Waals surface area contributed by atoms with E-state index in [0.717, 1.165) is 18.5 Å². The van der Waals surface area contributed by atoms with Gasteiger partial charge in [-0.15, -0.1) is 0 Å². The van der Waals surface area contributed by atoms with Crippen LogP contribution in [0.3, 0.4) is 0 Å². The summed E-state index contributed by atoms with van der Waals surface area (Å²) in [6.45, 7) is 2.89. The largest absolute Gasteiger partial charge is 0.496 e. The van der Waals surface area contributed by atoms with Crippen molar-refractivity contribution >= 4 is 10.9 Å². The smallest absolute Gasteiger partial charge is 0.263 e. The number of rotatable bonds is 5. The average Bonchev–Trinajstić information content (AvgIpc) is 3.20. The van der Waals surface area contributed by atoms with E-state index >= 15 is 0 Å². The second-order valence-electron chi connectivity index (χ2n) is 6.21. The summed E-state index contributed by atoms with van der Waals surface area (Å²) in [5.41, 5.74) is 1.89. The Labute approximate surface area is 156 Å². The van der Waals surface area contributed by atoms with Crippen LogP contribution in [0.25, 0.3) is 33.7 Å². The van der Waals surface area contributed by atoms with Crippen molar-refractivity contribution in [1.82, 2.24) is 14.7 Å². The van der Waals surface area contributed by atoms with Crippen LogP contribution >= 0.6 is 0 Å². The number of methoxy groups -OCH3 is 1. The summed E-state index contributed by atoms with van der Waals surface area (Å²) in [5.74, 6) is 1.24. The molecule has 4 rings (SSSR count). The molecule has 2 aromatic carbocycles. The van der Waals surface area contributed by atoms with Gasteiger partial charge >= 0.3 is 0 Å². The maximum atomic E-state index is 13.0. The molecule has 2 heterocycles. The van der Waals surface area contributed by atoms with E-state index in [1.165, 1.54) is 0 Å². The summed E-state index contributed by atoms with van der Waals surface area (Å²) in [6, 6.07) is 15.0. The highest BCUT2D eigenvalue weighted by Gasteiger charge is 2.18. The van der Waals surface area contributed by atoms with Crippen molar-refractivity contribution in [3.05, 3.63) is 65.0 Å². The maximum absolute atomic E-state index is 13.0. The third-order valence-corrected chi connectivity index (χ3v) is 4.46. The molecular weight excluding hydrogens is 342 g/mol. The number of nitrogens with zero attached hydrogens (tertiary/aromatic N) is 3. The van der Waals surface area contributed by atoms with Gasteiger partial charge in [0.05, 0.1) is 18.2 Å². The molecule has 0 spiro atoms. The van der Waals surface area contributed by atoms with Gasteiger partial charge in [0.1, 0.15) is 11.3 Å². The number of para-hydroxylation sites is 2. The zero-order chi connectivity index (χ0) is 18.8. The van der Waals surface area contributed by atoms with E-state index in [0.29, 0.717) is 28.1 Å². The predicted molar refractivity (Wildman–Crippen MR) is 104 cm³/mol. The Morgan fingerprint density at radius 3 is 2.67 bits per heavy atom. The minimum Gasteiger partial charge on any atom is -0.496 e. The van der Waals surface area contributed by atoms with Crippen LogP contribution in [0, 0.1) is 0 Å². The topological polar surface area (TPSA) is 70.2 Å². The zero-order valence-electron chi connectivity index (χ0n) is 15.2. The van der Waals surface area contributed by atoms with E-state index < -0.39 is 0 Å². The quantitative estimate of drug-likeness (QED) is 0.534. The number of benzene rings is 2. The number of aromatic nitrogens is 3. The van der Waals surface area contributed by atoms with E-state index in [1.807, 2.05) is 48.5 Å². The first-order chi connectivity index (χ1) is 13.2. The molecule has 0 amide bonds. The molecule has 2 aromatic heterocycles. The van der Waals surface area contributed by atoms with E-state index in [4.69, 9.17) is 9.26 Å². The minimum atomic E-state index is -0.117. The third-order valence-electron chi connectivity index (χ3n) is 4.46. The van der Waals surface area contributed by atoms with E-state index in [2.05, 4.69) is 21.6 Å². The van der Waals surface area contributed by atoms with Gasteiger partial charge in [-0.2, -0.15) is 4.98 Å². The molecule has 0 aliphatic rings. The summed E-state index contributed by atoms with van der Waals surface area (Å²) in [5, 5.41) is 4.69. The molecule has 4 aromatic rings. The zero-order valence-corrected chi connectivity index (χ0v) is 15.2. The van der Waals surface area contributed by atoms with Crippen LogP contribution in [-0.2, 0) is 6.54 Å². The fraction of sp³-hybridized carbons (Fsp3) is 0.190. The molecule has 136 valence electrons. The molecule has 0 atom stereocenters. The highest BCUT2D eigenvalue weighted by atomic mass is 16.5. The summed E-state index contributed by atoms with van der Waals surface area (Å²) < 4.78 is 12.9. The van der Waals surface area contributed by atoms with E-state index in [9.17, 15) is 4.79 Å². The van der Waals surface area contributed by atoms with Gasteiger partial charge in [-0.05, 0) is 30.7 Å². The molecule has 6 nitrogen and oxygen atoms in total. The number of aryl methyl sites for hydroxylation is 1. The van der Waals surface area contributed by atoms with Crippen molar-refractivity contribution in [2.75, 3.05) is 7.11 Å². The summed E-state index contributed by atoms with van der Waals surface area (Å²) in [7, 11) is 1.59. The Bertz CT molecular complexity index is 1160. The van der Waals surface area contributed by atoms with Gasteiger partial charge in [0, 0.05) is 18.1 Å². The standard InChI is InChI=1S/C21H19N3O3/c1-3-12-24-13-16(19(25)14-8-4-6-10-17(14)24)21-22-20(23-27-21)15-9-5-7-11-18(15)26-2/h4-11,13H,3,12H2,1-2H3. The molecule has 0 N–H and O–H groups in total. The van der Waals surface area contributed by atoms with Crippen molar-refractivity contribution in [2.45, 2.75) is 19.9 Å². The molecule has 0 saturated carbocycles. The minimum absolute atomic E-state index is 0.117. The lowest BCUT2D eigenvalue weighted by Gasteiger charge is -2.11. The number of hydrogen-bond donors (Lipinski definition) is 0. The lowest BCUT2D eigenvalue weighted by molar-refractivity contribution is 0.413. The number of fused-ring (bicyclic) bond motifs is 1. The van der Waals surface area contributed by atoms with Crippen molar-refractivity contribution in [3.8, 4) is 28.6 Å². The molecule has 0 unspecified atom stereocenters. The average molecular weight is 361 g/mol. The molecule has 0 fully saturated rings. The second kappa shape index (κ2) is 7.07. The molecule has 0 aliphatic carbocycles. The van der Waals surface area contributed by atoms with Crippen molar-refractivity contribution < 1.29 is 9.26 Å². The highest BCUT2D eigenvalue weighted by molar-refractivity contribution is 5.83. The Hall–Kier alpha value is -3.41. The number of pyridine rings is 1. The summed E-state index contributed by atoms with van der Waals surface area (Å²) in [4.78, 5) is 17.4. The van der Waals surface area contributed by atoms with Gasteiger partial charge in [0.2, 0.25) is 11.3 Å². The Morgan fingerprint density at radius 2 is 1.85 bits per heavy atom. The Kier molecular flexibility index (Phi) is 4.46. The van der Waals surface area contributed by atoms with Gasteiger partial charge in [0.25, 0.3) is 5.89 Å². The first-order valence-electron chi connectivity index (χ1n) is 8.82. The molecule has 6 heteroatoms. The molecule has 0 bridgehead atoms. The summed E-state index contributed by atoms with van der Waals surface area (Å²) in [6.07, 6.45) is 2.75. The molecule has 0 saturated heterocycles. The number of hydrogen-bond acceptors (Lipinski definition) is 5. The highest BCUT2D eigenvalue weighted by Crippen LogP contribution is 2.29. The molecule has 0 aliphatic heterocycles. The van der Waals surface area contributed by atoms with Gasteiger partial charge in [0.15, 0.2) is 0 Å².